The number of likely N-dealkylation sites (N-methyl/N-ethyl adjacent to an activating group) is 1. The van der Waals surface area contributed by atoms with E-state index in [9.17, 15) is 8.42 Å². The van der Waals surface area contributed by atoms with E-state index in [4.69, 9.17) is 5.26 Å². The van der Waals surface area contributed by atoms with Gasteiger partial charge in [-0.15, -0.1) is 0 Å². The van der Waals surface area contributed by atoms with Gasteiger partial charge in [-0.05, 0) is 31.7 Å². The van der Waals surface area contributed by atoms with Crippen LogP contribution in [-0.2, 0) is 10.0 Å². The third kappa shape index (κ3) is 3.15. The standard InChI is InChI=1S/C15H20N4O2S/c1-18-5-6-19-10-13(8-14(19)11-18)17-22(20,21)15-4-2-3-12(7-15)9-16/h2-4,7,13-14,17H,5-6,8,10-11H2,1H3/t13-,14-/m0/s1. The molecule has 0 spiro atoms. The van der Waals surface area contributed by atoms with Crippen molar-refractivity contribution >= 4 is 10.0 Å². The van der Waals surface area contributed by atoms with Crippen molar-refractivity contribution in [1.29, 1.82) is 5.26 Å². The number of fused-ring (bicyclic) bond motifs is 1. The SMILES string of the molecule is CN1CCN2C[C@@H](NS(=O)(=O)c3cccc(C#N)c3)C[C@H]2C1. The predicted molar refractivity (Wildman–Crippen MR) is 82.7 cm³/mol. The van der Waals surface area contributed by atoms with Crippen LogP contribution in [0.3, 0.4) is 0 Å². The number of piperazine rings is 1. The summed E-state index contributed by atoms with van der Waals surface area (Å²) < 4.78 is 27.8. The van der Waals surface area contributed by atoms with Crippen LogP contribution in [0.4, 0.5) is 0 Å². The molecule has 0 amide bonds. The molecule has 2 aliphatic rings. The topological polar surface area (TPSA) is 76.4 Å². The molecule has 0 unspecified atom stereocenters. The second kappa shape index (κ2) is 5.97. The Morgan fingerprint density at radius 3 is 2.91 bits per heavy atom. The molecule has 22 heavy (non-hydrogen) atoms. The zero-order chi connectivity index (χ0) is 15.7. The highest BCUT2D eigenvalue weighted by molar-refractivity contribution is 7.89. The van der Waals surface area contributed by atoms with E-state index in [-0.39, 0.29) is 10.9 Å². The van der Waals surface area contributed by atoms with Gasteiger partial charge in [-0.3, -0.25) is 4.90 Å². The maximum Gasteiger partial charge on any atom is 0.240 e. The number of nitrogens with one attached hydrogen (secondary N) is 1. The fourth-order valence-corrected chi connectivity index (χ4v) is 4.59. The van der Waals surface area contributed by atoms with Gasteiger partial charge in [-0.1, -0.05) is 6.07 Å². The summed E-state index contributed by atoms with van der Waals surface area (Å²) in [5, 5.41) is 8.90. The summed E-state index contributed by atoms with van der Waals surface area (Å²) in [6.45, 7) is 3.77. The molecule has 6 nitrogen and oxygen atoms in total. The van der Waals surface area contributed by atoms with Crippen LogP contribution in [-0.4, -0.2) is 63.5 Å². The molecule has 2 aliphatic heterocycles. The van der Waals surface area contributed by atoms with E-state index in [0.717, 1.165) is 32.6 Å². The molecule has 2 atom stereocenters. The van der Waals surface area contributed by atoms with Gasteiger partial charge in [0.15, 0.2) is 0 Å². The average molecular weight is 320 g/mol. The molecule has 2 saturated heterocycles. The van der Waals surface area contributed by atoms with Crippen LogP contribution in [0.1, 0.15) is 12.0 Å². The summed E-state index contributed by atoms with van der Waals surface area (Å²) in [4.78, 5) is 4.81. The number of nitrogens with zero attached hydrogens (tertiary/aromatic N) is 3. The average Bonchev–Trinajstić information content (AvgIpc) is 2.87. The molecule has 0 saturated carbocycles. The summed E-state index contributed by atoms with van der Waals surface area (Å²) in [6.07, 6.45) is 0.835. The Morgan fingerprint density at radius 1 is 1.32 bits per heavy atom. The van der Waals surface area contributed by atoms with E-state index in [1.165, 1.54) is 12.1 Å². The monoisotopic (exact) mass is 320 g/mol. The first kappa shape index (κ1) is 15.4. The maximum atomic E-state index is 12.5. The molecular formula is C15H20N4O2S. The highest BCUT2D eigenvalue weighted by Crippen LogP contribution is 2.23. The molecule has 2 fully saturated rings. The first-order valence-electron chi connectivity index (χ1n) is 7.43. The van der Waals surface area contributed by atoms with Crippen molar-refractivity contribution in [2.24, 2.45) is 0 Å². The number of rotatable bonds is 3. The second-order valence-electron chi connectivity index (χ2n) is 6.10. The number of hydrogen-bond acceptors (Lipinski definition) is 5. The summed E-state index contributed by atoms with van der Waals surface area (Å²) in [6, 6.07) is 8.48. The minimum absolute atomic E-state index is 0.0627. The lowest BCUT2D eigenvalue weighted by Crippen LogP contribution is -2.48. The fourth-order valence-electron chi connectivity index (χ4n) is 3.30. The van der Waals surface area contributed by atoms with Gasteiger partial charge in [0.05, 0.1) is 16.5 Å². The molecule has 1 aromatic rings. The lowest BCUT2D eigenvalue weighted by atomic mass is 10.1. The van der Waals surface area contributed by atoms with Crippen molar-refractivity contribution < 1.29 is 8.42 Å². The number of hydrogen-bond donors (Lipinski definition) is 1. The largest absolute Gasteiger partial charge is 0.304 e. The summed E-state index contributed by atoms with van der Waals surface area (Å²) in [5.74, 6) is 0. The van der Waals surface area contributed by atoms with E-state index < -0.39 is 10.0 Å². The smallest absolute Gasteiger partial charge is 0.240 e. The number of nitriles is 1. The Kier molecular flexibility index (Phi) is 4.19. The van der Waals surface area contributed by atoms with Gasteiger partial charge in [0.25, 0.3) is 0 Å². The van der Waals surface area contributed by atoms with E-state index in [0.29, 0.717) is 11.6 Å². The zero-order valence-corrected chi connectivity index (χ0v) is 13.4. The lowest BCUT2D eigenvalue weighted by Gasteiger charge is -2.35. The highest BCUT2D eigenvalue weighted by atomic mass is 32.2. The molecule has 1 aromatic carbocycles. The van der Waals surface area contributed by atoms with Gasteiger partial charge in [0, 0.05) is 38.3 Å². The van der Waals surface area contributed by atoms with Crippen LogP contribution in [0.25, 0.3) is 0 Å². The minimum Gasteiger partial charge on any atom is -0.304 e. The van der Waals surface area contributed by atoms with E-state index in [2.05, 4.69) is 21.6 Å². The van der Waals surface area contributed by atoms with E-state index >= 15 is 0 Å². The van der Waals surface area contributed by atoms with Crippen molar-refractivity contribution in [3.05, 3.63) is 29.8 Å². The van der Waals surface area contributed by atoms with Crippen molar-refractivity contribution in [1.82, 2.24) is 14.5 Å². The molecule has 3 rings (SSSR count). The van der Waals surface area contributed by atoms with Crippen LogP contribution in [0.2, 0.25) is 0 Å². The molecule has 118 valence electrons. The summed E-state index contributed by atoms with van der Waals surface area (Å²) >= 11 is 0. The van der Waals surface area contributed by atoms with Crippen LogP contribution in [0, 0.1) is 11.3 Å². The summed E-state index contributed by atoms with van der Waals surface area (Å²) in [7, 11) is -1.47. The summed E-state index contributed by atoms with van der Waals surface area (Å²) in [5.41, 5.74) is 0.355. The molecule has 0 bridgehead atoms. The van der Waals surface area contributed by atoms with Crippen LogP contribution in [0.5, 0.6) is 0 Å². The quantitative estimate of drug-likeness (QED) is 0.862. The van der Waals surface area contributed by atoms with Crippen molar-refractivity contribution in [2.75, 3.05) is 33.2 Å². The molecule has 1 N–H and O–H groups in total. The van der Waals surface area contributed by atoms with Gasteiger partial charge in [-0.25, -0.2) is 13.1 Å². The van der Waals surface area contributed by atoms with Crippen LogP contribution in [0.15, 0.2) is 29.2 Å². The maximum absolute atomic E-state index is 12.5. The van der Waals surface area contributed by atoms with Gasteiger partial charge in [-0.2, -0.15) is 5.26 Å². The second-order valence-corrected chi connectivity index (χ2v) is 7.82. The Labute approximate surface area is 131 Å². The van der Waals surface area contributed by atoms with E-state index in [1.54, 1.807) is 12.1 Å². The molecule has 2 heterocycles. The number of benzene rings is 1. The van der Waals surface area contributed by atoms with Crippen molar-refractivity contribution in [3.8, 4) is 6.07 Å². The third-order valence-corrected chi connectivity index (χ3v) is 5.93. The highest BCUT2D eigenvalue weighted by Gasteiger charge is 2.36. The zero-order valence-electron chi connectivity index (χ0n) is 12.6. The van der Waals surface area contributed by atoms with Gasteiger partial charge in [0.1, 0.15) is 0 Å². The normalized spacial score (nSPS) is 26.5. The first-order valence-corrected chi connectivity index (χ1v) is 8.91. The number of sulfonamides is 1. The van der Waals surface area contributed by atoms with Crippen LogP contribution < -0.4 is 4.72 Å². The minimum atomic E-state index is -3.57. The first-order chi connectivity index (χ1) is 10.5. The predicted octanol–water partition coefficient (Wildman–Crippen LogP) is 0.225. The Hall–Kier alpha value is -1.46. The van der Waals surface area contributed by atoms with Gasteiger partial charge in [0.2, 0.25) is 10.0 Å². The Balaban J connectivity index is 1.71. The Bertz CT molecular complexity index is 698. The van der Waals surface area contributed by atoms with Crippen molar-refractivity contribution in [3.63, 3.8) is 0 Å². The Morgan fingerprint density at radius 2 is 2.14 bits per heavy atom. The van der Waals surface area contributed by atoms with Gasteiger partial charge >= 0.3 is 0 Å². The molecule has 0 aliphatic carbocycles. The molecule has 0 aromatic heterocycles. The molecular weight excluding hydrogens is 300 g/mol. The molecule has 0 radical (unpaired) electrons. The van der Waals surface area contributed by atoms with E-state index in [1.807, 2.05) is 6.07 Å². The fraction of sp³-hybridized carbons (Fsp3) is 0.533. The third-order valence-electron chi connectivity index (χ3n) is 4.41. The lowest BCUT2D eigenvalue weighted by molar-refractivity contribution is 0.124. The molecule has 7 heteroatoms. The van der Waals surface area contributed by atoms with Crippen molar-refractivity contribution in [2.45, 2.75) is 23.4 Å². The van der Waals surface area contributed by atoms with Crippen LogP contribution >= 0.6 is 0 Å². The van der Waals surface area contributed by atoms with Gasteiger partial charge < -0.3 is 4.90 Å².